The number of halogens is 1. The van der Waals surface area contributed by atoms with E-state index < -0.39 is 0 Å². The van der Waals surface area contributed by atoms with Crippen molar-refractivity contribution < 1.29 is 4.74 Å². The van der Waals surface area contributed by atoms with E-state index in [1.54, 1.807) is 11.6 Å². The lowest BCUT2D eigenvalue weighted by Crippen LogP contribution is -1.97. The lowest BCUT2D eigenvalue weighted by Gasteiger charge is -2.07. The van der Waals surface area contributed by atoms with Crippen LogP contribution in [0, 0.1) is 0 Å². The molecule has 0 atom stereocenters. The number of nitrogen functional groups attached to an aromatic ring is 1. The third kappa shape index (κ3) is 4.91. The van der Waals surface area contributed by atoms with Crippen molar-refractivity contribution in [2.75, 3.05) is 17.8 Å². The summed E-state index contributed by atoms with van der Waals surface area (Å²) in [4.78, 5) is 4.04. The fourth-order valence-electron chi connectivity index (χ4n) is 1.54. The Morgan fingerprint density at radius 3 is 3.05 bits per heavy atom. The molecule has 5 nitrogen and oxygen atoms in total. The second-order valence-corrected chi connectivity index (χ2v) is 5.60. The number of nitrogens with two attached hydrogens (primary N) is 1. The van der Waals surface area contributed by atoms with Crippen LogP contribution in [0.25, 0.3) is 0 Å². The van der Waals surface area contributed by atoms with E-state index in [4.69, 9.17) is 22.1 Å². The summed E-state index contributed by atoms with van der Waals surface area (Å²) in [7, 11) is 0. The molecule has 0 bridgehead atoms. The van der Waals surface area contributed by atoms with Crippen LogP contribution in [0.15, 0.2) is 28.7 Å². The summed E-state index contributed by atoms with van der Waals surface area (Å²) in [6.07, 6.45) is 3.77. The minimum atomic E-state index is 0.481. The Morgan fingerprint density at radius 2 is 2.38 bits per heavy atom. The van der Waals surface area contributed by atoms with Crippen LogP contribution in [0.3, 0.4) is 0 Å². The van der Waals surface area contributed by atoms with Crippen LogP contribution in [0.5, 0.6) is 5.75 Å². The summed E-state index contributed by atoms with van der Waals surface area (Å²) >= 11 is 7.57. The Balaban J connectivity index is 1.93. The number of hydrogen-bond donors (Lipinski definition) is 2. The predicted octanol–water partition coefficient (Wildman–Crippen LogP) is 4.00. The van der Waals surface area contributed by atoms with Crippen molar-refractivity contribution in [3.05, 3.63) is 34.2 Å². The lowest BCUT2D eigenvalue weighted by atomic mass is 10.2. The fraction of sp³-hybridized carbons (Fsp3) is 0.286. The number of rotatable bonds is 7. The van der Waals surface area contributed by atoms with E-state index in [1.165, 1.54) is 11.3 Å². The number of nitrogens with zero attached hydrogens (tertiary/aromatic N) is 2. The van der Waals surface area contributed by atoms with Crippen molar-refractivity contribution in [3.63, 3.8) is 0 Å². The standard InChI is InChI=1S/C14H17ClN4OS/c1-2-3-6-20-12-5-4-10(7-11(12)15)8-17-19-14-18-13(16)9-21-14/h4-5,7-9H,2-3,6,16H2,1H3,(H,18,19). The first-order chi connectivity index (χ1) is 10.2. The first kappa shape index (κ1) is 15.6. The molecule has 0 saturated heterocycles. The van der Waals surface area contributed by atoms with Crippen molar-refractivity contribution in [2.45, 2.75) is 19.8 Å². The lowest BCUT2D eigenvalue weighted by molar-refractivity contribution is 0.309. The first-order valence-electron chi connectivity index (χ1n) is 6.61. The van der Waals surface area contributed by atoms with Crippen LogP contribution in [0.4, 0.5) is 10.9 Å². The van der Waals surface area contributed by atoms with Gasteiger partial charge in [-0.1, -0.05) is 24.9 Å². The zero-order valence-electron chi connectivity index (χ0n) is 11.7. The van der Waals surface area contributed by atoms with Gasteiger partial charge in [-0.3, -0.25) is 5.43 Å². The molecule has 0 aliphatic heterocycles. The van der Waals surface area contributed by atoms with Gasteiger partial charge in [0.25, 0.3) is 0 Å². The SMILES string of the molecule is CCCCOc1ccc(C=NNc2nc(N)cs2)cc1Cl. The van der Waals surface area contributed by atoms with Gasteiger partial charge in [0, 0.05) is 5.38 Å². The highest BCUT2D eigenvalue weighted by molar-refractivity contribution is 7.14. The maximum atomic E-state index is 6.17. The molecule has 0 saturated carbocycles. The van der Waals surface area contributed by atoms with Gasteiger partial charge in [0.1, 0.15) is 11.6 Å². The van der Waals surface area contributed by atoms with E-state index in [-0.39, 0.29) is 0 Å². The number of thiazole rings is 1. The van der Waals surface area contributed by atoms with E-state index in [9.17, 15) is 0 Å². The van der Waals surface area contributed by atoms with Crippen LogP contribution in [-0.2, 0) is 0 Å². The molecule has 7 heteroatoms. The summed E-state index contributed by atoms with van der Waals surface area (Å²) in [5.41, 5.74) is 9.21. The van der Waals surface area contributed by atoms with Gasteiger partial charge >= 0.3 is 0 Å². The number of ether oxygens (including phenoxy) is 1. The summed E-state index contributed by atoms with van der Waals surface area (Å²) in [5, 5.41) is 7.06. The van der Waals surface area contributed by atoms with Gasteiger partial charge < -0.3 is 10.5 Å². The second-order valence-electron chi connectivity index (χ2n) is 4.34. The van der Waals surface area contributed by atoms with Gasteiger partial charge in [-0.15, -0.1) is 11.3 Å². The van der Waals surface area contributed by atoms with E-state index >= 15 is 0 Å². The Labute approximate surface area is 132 Å². The molecule has 0 aliphatic rings. The largest absolute Gasteiger partial charge is 0.492 e. The molecule has 0 unspecified atom stereocenters. The van der Waals surface area contributed by atoms with Crippen LogP contribution < -0.4 is 15.9 Å². The van der Waals surface area contributed by atoms with Gasteiger partial charge in [-0.2, -0.15) is 5.10 Å². The molecule has 2 aromatic rings. The van der Waals surface area contributed by atoms with Gasteiger partial charge in [-0.25, -0.2) is 4.98 Å². The molecule has 1 aromatic heterocycles. The number of anilines is 2. The van der Waals surface area contributed by atoms with Crippen molar-refractivity contribution >= 4 is 40.1 Å². The van der Waals surface area contributed by atoms with E-state index in [2.05, 4.69) is 22.4 Å². The van der Waals surface area contributed by atoms with Gasteiger partial charge in [0.15, 0.2) is 0 Å². The molecular formula is C14H17ClN4OS. The molecule has 2 rings (SSSR count). The molecule has 0 spiro atoms. The molecule has 1 aromatic carbocycles. The topological polar surface area (TPSA) is 72.5 Å². The van der Waals surface area contributed by atoms with E-state index in [0.29, 0.717) is 28.3 Å². The highest BCUT2D eigenvalue weighted by Crippen LogP contribution is 2.25. The number of benzene rings is 1. The number of nitrogens with one attached hydrogen (secondary N) is 1. The Morgan fingerprint density at radius 1 is 1.52 bits per heavy atom. The first-order valence-corrected chi connectivity index (χ1v) is 7.87. The normalized spacial score (nSPS) is 11.0. The average Bonchev–Trinajstić information content (AvgIpc) is 2.87. The van der Waals surface area contributed by atoms with Crippen molar-refractivity contribution in [3.8, 4) is 5.75 Å². The maximum Gasteiger partial charge on any atom is 0.205 e. The van der Waals surface area contributed by atoms with Crippen molar-refractivity contribution in [2.24, 2.45) is 5.10 Å². The number of unbranched alkanes of at least 4 members (excludes halogenated alkanes) is 1. The Kier molecular flexibility index (Phi) is 5.83. The van der Waals surface area contributed by atoms with Crippen molar-refractivity contribution in [1.82, 2.24) is 4.98 Å². The van der Waals surface area contributed by atoms with Gasteiger partial charge in [-0.05, 0) is 30.2 Å². The highest BCUT2D eigenvalue weighted by atomic mass is 35.5. The van der Waals surface area contributed by atoms with Crippen LogP contribution >= 0.6 is 22.9 Å². The third-order valence-electron chi connectivity index (χ3n) is 2.61. The monoisotopic (exact) mass is 324 g/mol. The third-order valence-corrected chi connectivity index (χ3v) is 3.67. The smallest absolute Gasteiger partial charge is 0.205 e. The molecular weight excluding hydrogens is 308 g/mol. The van der Waals surface area contributed by atoms with E-state index in [1.807, 2.05) is 18.2 Å². The summed E-state index contributed by atoms with van der Waals surface area (Å²) in [6, 6.07) is 5.56. The molecule has 0 aliphatic carbocycles. The average molecular weight is 325 g/mol. The van der Waals surface area contributed by atoms with Gasteiger partial charge in [0.05, 0.1) is 17.8 Å². The summed E-state index contributed by atoms with van der Waals surface area (Å²) in [5.74, 6) is 1.18. The number of hydrazone groups is 1. The minimum Gasteiger partial charge on any atom is -0.492 e. The minimum absolute atomic E-state index is 0.481. The molecule has 0 fully saturated rings. The van der Waals surface area contributed by atoms with Crippen molar-refractivity contribution in [1.29, 1.82) is 0 Å². The maximum absolute atomic E-state index is 6.17. The second kappa shape index (κ2) is 7.85. The van der Waals surface area contributed by atoms with Crippen LogP contribution in [0.2, 0.25) is 5.02 Å². The van der Waals surface area contributed by atoms with Crippen LogP contribution in [0.1, 0.15) is 25.3 Å². The quantitative estimate of drug-likeness (QED) is 0.458. The zero-order chi connectivity index (χ0) is 15.1. The Hall–Kier alpha value is -1.79. The summed E-state index contributed by atoms with van der Waals surface area (Å²) < 4.78 is 5.59. The molecule has 3 N–H and O–H groups in total. The molecule has 0 radical (unpaired) electrons. The number of hydrogen-bond acceptors (Lipinski definition) is 6. The summed E-state index contributed by atoms with van der Waals surface area (Å²) in [6.45, 7) is 2.80. The fourth-order valence-corrected chi connectivity index (χ4v) is 2.33. The van der Waals surface area contributed by atoms with E-state index in [0.717, 1.165) is 18.4 Å². The number of aromatic nitrogens is 1. The Bertz CT molecular complexity index is 615. The zero-order valence-corrected chi connectivity index (χ0v) is 13.2. The molecule has 1 heterocycles. The van der Waals surface area contributed by atoms with Crippen LogP contribution in [-0.4, -0.2) is 17.8 Å². The van der Waals surface area contributed by atoms with Gasteiger partial charge in [0.2, 0.25) is 5.13 Å². The molecule has 0 amide bonds. The highest BCUT2D eigenvalue weighted by Gasteiger charge is 2.02. The predicted molar refractivity (Wildman–Crippen MR) is 89.6 cm³/mol. The molecule has 112 valence electrons. The molecule has 21 heavy (non-hydrogen) atoms.